The van der Waals surface area contributed by atoms with Crippen LogP contribution in [0.5, 0.6) is 0 Å². The molecule has 2 aromatic heterocycles. The molecule has 2 fully saturated rings. The predicted octanol–water partition coefficient (Wildman–Crippen LogP) is 5.75. The van der Waals surface area contributed by atoms with Gasteiger partial charge in [-0.05, 0) is 75.3 Å². The van der Waals surface area contributed by atoms with E-state index in [-0.39, 0.29) is 17.6 Å². The lowest BCUT2D eigenvalue weighted by Gasteiger charge is -2.16. The number of alkyl halides is 3. The number of nitrogens with one attached hydrogen (secondary N) is 1. The maximum Gasteiger partial charge on any atom is 0.433 e. The number of pyridine rings is 1. The highest BCUT2D eigenvalue weighted by Crippen LogP contribution is 2.39. The summed E-state index contributed by atoms with van der Waals surface area (Å²) in [5.41, 5.74) is 0.0819. The third kappa shape index (κ3) is 5.25. The van der Waals surface area contributed by atoms with Crippen LogP contribution in [0.15, 0.2) is 24.3 Å². The maximum atomic E-state index is 13.1. The van der Waals surface area contributed by atoms with E-state index in [0.29, 0.717) is 17.7 Å². The predicted molar refractivity (Wildman–Crippen MR) is 106 cm³/mol. The van der Waals surface area contributed by atoms with Crippen LogP contribution in [0.1, 0.15) is 57.3 Å². The SMILES string of the molecule is C[C@H](CCc1cc(N[C@@H](C)C2CC2)nc(-c2cccc(C(F)(F)F)n2)n1)C1CC1. The van der Waals surface area contributed by atoms with Crippen LogP contribution in [0.2, 0.25) is 0 Å². The molecular formula is C22H27F3N4. The number of rotatable bonds is 8. The number of halogens is 3. The van der Waals surface area contributed by atoms with Gasteiger partial charge in [-0.15, -0.1) is 0 Å². The zero-order chi connectivity index (χ0) is 20.6. The number of nitrogens with zero attached hydrogens (tertiary/aromatic N) is 3. The van der Waals surface area contributed by atoms with Gasteiger partial charge in [0.15, 0.2) is 5.82 Å². The van der Waals surface area contributed by atoms with Crippen LogP contribution < -0.4 is 5.32 Å². The fourth-order valence-corrected chi connectivity index (χ4v) is 3.76. The summed E-state index contributed by atoms with van der Waals surface area (Å²) in [6.45, 7) is 4.39. The Balaban J connectivity index is 1.61. The molecule has 7 heteroatoms. The summed E-state index contributed by atoms with van der Waals surface area (Å²) in [4.78, 5) is 12.8. The second-order valence-corrected chi connectivity index (χ2v) is 8.60. The molecule has 4 rings (SSSR count). The maximum absolute atomic E-state index is 13.1. The zero-order valence-electron chi connectivity index (χ0n) is 16.8. The van der Waals surface area contributed by atoms with Crippen molar-refractivity contribution in [3.63, 3.8) is 0 Å². The van der Waals surface area contributed by atoms with Crippen molar-refractivity contribution in [1.29, 1.82) is 0 Å². The van der Waals surface area contributed by atoms with Crippen LogP contribution in [0, 0.1) is 17.8 Å². The molecule has 0 aromatic carbocycles. The molecule has 0 aliphatic heterocycles. The van der Waals surface area contributed by atoms with E-state index in [1.54, 1.807) is 0 Å². The van der Waals surface area contributed by atoms with Gasteiger partial charge in [0.25, 0.3) is 0 Å². The molecule has 2 aliphatic carbocycles. The van der Waals surface area contributed by atoms with Gasteiger partial charge in [0.05, 0.1) is 0 Å². The van der Waals surface area contributed by atoms with Crippen molar-refractivity contribution in [3.8, 4) is 11.5 Å². The Kier molecular flexibility index (Phi) is 5.49. The highest BCUT2D eigenvalue weighted by molar-refractivity contribution is 5.54. The quantitative estimate of drug-likeness (QED) is 0.609. The summed E-state index contributed by atoms with van der Waals surface area (Å²) in [5, 5.41) is 3.42. The minimum absolute atomic E-state index is 0.152. The Morgan fingerprint density at radius 3 is 2.41 bits per heavy atom. The molecule has 0 unspecified atom stereocenters. The summed E-state index contributed by atoms with van der Waals surface area (Å²) >= 11 is 0. The first-order valence-corrected chi connectivity index (χ1v) is 10.5. The largest absolute Gasteiger partial charge is 0.433 e. The molecule has 2 atom stereocenters. The van der Waals surface area contributed by atoms with Gasteiger partial charge in [-0.25, -0.2) is 15.0 Å². The second kappa shape index (κ2) is 7.92. The molecule has 4 nitrogen and oxygen atoms in total. The van der Waals surface area contributed by atoms with Crippen LogP contribution in [-0.4, -0.2) is 21.0 Å². The first kappa shape index (κ1) is 20.1. The Morgan fingerprint density at radius 2 is 1.76 bits per heavy atom. The average Bonchev–Trinajstić information content (AvgIpc) is 3.57. The molecule has 2 aromatic rings. The molecule has 0 amide bonds. The van der Waals surface area contributed by atoms with Gasteiger partial charge in [-0.2, -0.15) is 13.2 Å². The van der Waals surface area contributed by atoms with Gasteiger partial charge in [0.1, 0.15) is 17.2 Å². The van der Waals surface area contributed by atoms with E-state index in [2.05, 4.69) is 34.1 Å². The number of aromatic nitrogens is 3. The Bertz CT molecular complexity index is 859. The molecule has 0 bridgehead atoms. The highest BCUT2D eigenvalue weighted by Gasteiger charge is 2.33. The Hall–Kier alpha value is -2.18. The molecule has 156 valence electrons. The van der Waals surface area contributed by atoms with Crippen molar-refractivity contribution in [2.75, 3.05) is 5.32 Å². The molecule has 0 saturated heterocycles. The van der Waals surface area contributed by atoms with E-state index < -0.39 is 11.9 Å². The highest BCUT2D eigenvalue weighted by atomic mass is 19.4. The molecule has 2 aliphatic rings. The van der Waals surface area contributed by atoms with Gasteiger partial charge in [-0.3, -0.25) is 0 Å². The fraction of sp³-hybridized carbons (Fsp3) is 0.591. The monoisotopic (exact) mass is 404 g/mol. The van der Waals surface area contributed by atoms with Crippen molar-refractivity contribution in [1.82, 2.24) is 15.0 Å². The molecule has 0 spiro atoms. The van der Waals surface area contributed by atoms with Gasteiger partial charge < -0.3 is 5.32 Å². The summed E-state index contributed by atoms with van der Waals surface area (Å²) in [6.07, 6.45) is 2.33. The van der Waals surface area contributed by atoms with E-state index >= 15 is 0 Å². The molecule has 2 heterocycles. The van der Waals surface area contributed by atoms with Crippen LogP contribution in [0.4, 0.5) is 19.0 Å². The topological polar surface area (TPSA) is 50.7 Å². The number of anilines is 1. The van der Waals surface area contributed by atoms with E-state index in [4.69, 9.17) is 0 Å². The molecule has 1 N–H and O–H groups in total. The molecule has 29 heavy (non-hydrogen) atoms. The Labute approximate surface area is 169 Å². The summed E-state index contributed by atoms with van der Waals surface area (Å²) in [5.74, 6) is 3.01. The van der Waals surface area contributed by atoms with E-state index in [1.165, 1.54) is 37.8 Å². The molecule has 0 radical (unpaired) electrons. The van der Waals surface area contributed by atoms with Crippen LogP contribution in [0.25, 0.3) is 11.5 Å². The van der Waals surface area contributed by atoms with Gasteiger partial charge in [0, 0.05) is 17.8 Å². The summed E-state index contributed by atoms with van der Waals surface area (Å²) in [6, 6.07) is 6.09. The lowest BCUT2D eigenvalue weighted by Crippen LogP contribution is -2.19. The Morgan fingerprint density at radius 1 is 1.03 bits per heavy atom. The third-order valence-electron chi connectivity index (χ3n) is 6.04. The summed E-state index contributed by atoms with van der Waals surface area (Å²) < 4.78 is 39.3. The van der Waals surface area contributed by atoms with Crippen LogP contribution in [0.3, 0.4) is 0 Å². The molecular weight excluding hydrogens is 377 g/mol. The first-order chi connectivity index (χ1) is 13.8. The fourth-order valence-electron chi connectivity index (χ4n) is 3.76. The van der Waals surface area contributed by atoms with Crippen molar-refractivity contribution in [2.24, 2.45) is 17.8 Å². The second-order valence-electron chi connectivity index (χ2n) is 8.60. The number of aryl methyl sites for hydroxylation is 1. The lowest BCUT2D eigenvalue weighted by atomic mass is 9.99. The summed E-state index contributed by atoms with van der Waals surface area (Å²) in [7, 11) is 0. The van der Waals surface area contributed by atoms with Crippen molar-refractivity contribution in [3.05, 3.63) is 35.7 Å². The van der Waals surface area contributed by atoms with Crippen LogP contribution in [-0.2, 0) is 12.6 Å². The van der Waals surface area contributed by atoms with Gasteiger partial charge >= 0.3 is 6.18 Å². The first-order valence-electron chi connectivity index (χ1n) is 10.5. The number of hydrogen-bond donors (Lipinski definition) is 1. The average molecular weight is 404 g/mol. The minimum Gasteiger partial charge on any atom is -0.367 e. The lowest BCUT2D eigenvalue weighted by molar-refractivity contribution is -0.141. The third-order valence-corrected chi connectivity index (χ3v) is 6.04. The van der Waals surface area contributed by atoms with Crippen molar-refractivity contribution < 1.29 is 13.2 Å². The minimum atomic E-state index is -4.49. The van der Waals surface area contributed by atoms with Crippen molar-refractivity contribution >= 4 is 5.82 Å². The van der Waals surface area contributed by atoms with E-state index in [0.717, 1.165) is 30.5 Å². The van der Waals surface area contributed by atoms with Crippen LogP contribution >= 0.6 is 0 Å². The van der Waals surface area contributed by atoms with Crippen molar-refractivity contribution in [2.45, 2.75) is 64.6 Å². The standard InChI is InChI=1S/C22H27F3N4/c1-13(15-7-8-15)6-11-17-12-20(26-14(2)16-9-10-16)29-21(27-17)18-4-3-5-19(28-18)22(23,24)25/h3-5,12-16H,6-11H2,1-2H3,(H,26,27,29)/t13-,14+/m1/s1. The zero-order valence-corrected chi connectivity index (χ0v) is 16.8. The molecule has 2 saturated carbocycles. The van der Waals surface area contributed by atoms with Gasteiger partial charge in [-0.1, -0.05) is 13.0 Å². The van der Waals surface area contributed by atoms with Gasteiger partial charge in [0.2, 0.25) is 0 Å². The number of hydrogen-bond acceptors (Lipinski definition) is 4. The smallest absolute Gasteiger partial charge is 0.367 e. The normalized spacial score (nSPS) is 19.1. The van der Waals surface area contributed by atoms with E-state index in [1.807, 2.05) is 6.07 Å². The van der Waals surface area contributed by atoms with E-state index in [9.17, 15) is 13.2 Å².